The summed E-state index contributed by atoms with van der Waals surface area (Å²) in [6.07, 6.45) is -2.73. The number of rotatable bonds is 1. The summed E-state index contributed by atoms with van der Waals surface area (Å²) in [4.78, 5) is 4.22. The second-order valence-electron chi connectivity index (χ2n) is 4.73. The molecule has 1 aliphatic rings. The van der Waals surface area contributed by atoms with E-state index >= 15 is 0 Å². The number of nitrogens with zero attached hydrogens (tertiary/aromatic N) is 1. The molecule has 3 rings (SSSR count). The number of halogens is 3. The van der Waals surface area contributed by atoms with E-state index in [1.54, 1.807) is 6.07 Å². The zero-order valence-corrected chi connectivity index (χ0v) is 10.1. The number of alkyl halides is 3. The average Bonchev–Trinajstić information content (AvgIpc) is 2.82. The maximum absolute atomic E-state index is 12.9. The molecule has 1 aromatic heterocycles. The first kappa shape index (κ1) is 12.5. The first-order valence-corrected chi connectivity index (χ1v) is 6.23. The standard InChI is InChI=1S/C13H13F3N2O/c14-13(15,16)9-2-1-3-10-11(9)19-12(18-10)8-4-6-17-7-5-8/h1-3,8,17H,4-7H2. The minimum Gasteiger partial charge on any atom is -0.440 e. The molecule has 0 bridgehead atoms. The van der Waals surface area contributed by atoms with Crippen LogP contribution in [0.3, 0.4) is 0 Å². The van der Waals surface area contributed by atoms with Gasteiger partial charge < -0.3 is 9.73 Å². The van der Waals surface area contributed by atoms with Crippen molar-refractivity contribution in [2.24, 2.45) is 0 Å². The van der Waals surface area contributed by atoms with Crippen LogP contribution in [0.4, 0.5) is 13.2 Å². The lowest BCUT2D eigenvalue weighted by Gasteiger charge is -2.19. The molecule has 0 spiro atoms. The average molecular weight is 270 g/mol. The number of benzene rings is 1. The fourth-order valence-corrected chi connectivity index (χ4v) is 2.43. The Hall–Kier alpha value is -1.56. The highest BCUT2D eigenvalue weighted by Crippen LogP contribution is 2.36. The van der Waals surface area contributed by atoms with Crippen LogP contribution >= 0.6 is 0 Å². The summed E-state index contributed by atoms with van der Waals surface area (Å²) in [5, 5.41) is 3.20. The lowest BCUT2D eigenvalue weighted by molar-refractivity contribution is -0.136. The first-order chi connectivity index (χ1) is 9.05. The highest BCUT2D eigenvalue weighted by atomic mass is 19.4. The molecule has 1 aromatic carbocycles. The third kappa shape index (κ3) is 2.32. The molecule has 1 aliphatic heterocycles. The molecule has 0 amide bonds. The van der Waals surface area contributed by atoms with Gasteiger partial charge >= 0.3 is 6.18 Å². The lowest BCUT2D eigenvalue weighted by Crippen LogP contribution is -2.26. The summed E-state index contributed by atoms with van der Waals surface area (Å²) in [6, 6.07) is 3.94. The molecule has 1 fully saturated rings. The zero-order valence-electron chi connectivity index (χ0n) is 10.1. The van der Waals surface area contributed by atoms with Gasteiger partial charge in [0, 0.05) is 5.92 Å². The van der Waals surface area contributed by atoms with Crippen molar-refractivity contribution < 1.29 is 17.6 Å². The second-order valence-corrected chi connectivity index (χ2v) is 4.73. The van der Waals surface area contributed by atoms with Crippen molar-refractivity contribution in [2.75, 3.05) is 13.1 Å². The lowest BCUT2D eigenvalue weighted by atomic mass is 9.98. The number of aromatic nitrogens is 1. The van der Waals surface area contributed by atoms with E-state index in [9.17, 15) is 13.2 Å². The number of oxazole rings is 1. The van der Waals surface area contributed by atoms with Crippen LogP contribution in [0.25, 0.3) is 11.1 Å². The van der Waals surface area contributed by atoms with E-state index in [1.165, 1.54) is 6.07 Å². The normalized spacial score (nSPS) is 18.1. The van der Waals surface area contributed by atoms with E-state index in [0.717, 1.165) is 32.0 Å². The number of para-hydroxylation sites is 1. The van der Waals surface area contributed by atoms with Crippen LogP contribution in [0.5, 0.6) is 0 Å². The molecular weight excluding hydrogens is 257 g/mol. The molecular formula is C13H13F3N2O. The number of hydrogen-bond acceptors (Lipinski definition) is 3. The van der Waals surface area contributed by atoms with Crippen LogP contribution in [-0.4, -0.2) is 18.1 Å². The van der Waals surface area contributed by atoms with Crippen LogP contribution in [-0.2, 0) is 6.18 Å². The van der Waals surface area contributed by atoms with Gasteiger partial charge in [-0.1, -0.05) is 6.07 Å². The van der Waals surface area contributed by atoms with Gasteiger partial charge in [-0.05, 0) is 38.1 Å². The van der Waals surface area contributed by atoms with E-state index in [4.69, 9.17) is 4.42 Å². The second kappa shape index (κ2) is 4.52. The summed E-state index contributed by atoms with van der Waals surface area (Å²) >= 11 is 0. The predicted molar refractivity (Wildman–Crippen MR) is 63.9 cm³/mol. The molecule has 0 atom stereocenters. The Morgan fingerprint density at radius 2 is 1.95 bits per heavy atom. The van der Waals surface area contributed by atoms with Crippen LogP contribution in [0.1, 0.15) is 30.2 Å². The molecule has 19 heavy (non-hydrogen) atoms. The van der Waals surface area contributed by atoms with Crippen molar-refractivity contribution in [1.82, 2.24) is 10.3 Å². The van der Waals surface area contributed by atoms with Gasteiger partial charge in [-0.2, -0.15) is 13.2 Å². The predicted octanol–water partition coefficient (Wildman–Crippen LogP) is 3.31. The van der Waals surface area contributed by atoms with Gasteiger partial charge in [0.15, 0.2) is 11.5 Å². The van der Waals surface area contributed by atoms with Gasteiger partial charge in [-0.3, -0.25) is 0 Å². The quantitative estimate of drug-likeness (QED) is 0.864. The van der Waals surface area contributed by atoms with E-state index in [1.807, 2.05) is 0 Å². The molecule has 6 heteroatoms. The van der Waals surface area contributed by atoms with E-state index in [-0.39, 0.29) is 17.0 Å². The molecule has 1 saturated heterocycles. The fourth-order valence-electron chi connectivity index (χ4n) is 2.43. The van der Waals surface area contributed by atoms with E-state index in [0.29, 0.717) is 5.89 Å². The molecule has 0 saturated carbocycles. The van der Waals surface area contributed by atoms with Gasteiger partial charge in [-0.25, -0.2) is 4.98 Å². The molecule has 102 valence electrons. The Bertz CT molecular complexity index is 585. The summed E-state index contributed by atoms with van der Waals surface area (Å²) in [5.74, 6) is 0.530. The summed E-state index contributed by atoms with van der Waals surface area (Å²) in [7, 11) is 0. The van der Waals surface area contributed by atoms with E-state index < -0.39 is 11.7 Å². The maximum Gasteiger partial charge on any atom is 0.420 e. The van der Waals surface area contributed by atoms with Crippen molar-refractivity contribution >= 4 is 11.1 Å². The number of piperidine rings is 1. The Balaban J connectivity index is 2.05. The van der Waals surface area contributed by atoms with Gasteiger partial charge in [0.25, 0.3) is 0 Å². The van der Waals surface area contributed by atoms with Crippen molar-refractivity contribution in [3.05, 3.63) is 29.7 Å². The van der Waals surface area contributed by atoms with Crippen molar-refractivity contribution in [1.29, 1.82) is 0 Å². The van der Waals surface area contributed by atoms with Crippen LogP contribution < -0.4 is 5.32 Å². The van der Waals surface area contributed by atoms with Crippen LogP contribution in [0.2, 0.25) is 0 Å². The fraction of sp³-hybridized carbons (Fsp3) is 0.462. The first-order valence-electron chi connectivity index (χ1n) is 6.23. The minimum atomic E-state index is -4.41. The smallest absolute Gasteiger partial charge is 0.420 e. The van der Waals surface area contributed by atoms with Gasteiger partial charge in [0.2, 0.25) is 0 Å². The van der Waals surface area contributed by atoms with Gasteiger partial charge in [0.1, 0.15) is 11.1 Å². The third-order valence-corrected chi connectivity index (χ3v) is 3.43. The van der Waals surface area contributed by atoms with E-state index in [2.05, 4.69) is 10.3 Å². The topological polar surface area (TPSA) is 38.1 Å². The Kier molecular flexibility index (Phi) is 2.97. The monoisotopic (exact) mass is 270 g/mol. The van der Waals surface area contributed by atoms with Crippen LogP contribution in [0.15, 0.2) is 22.6 Å². The number of fused-ring (bicyclic) bond motifs is 1. The van der Waals surface area contributed by atoms with Gasteiger partial charge in [0.05, 0.1) is 0 Å². The molecule has 0 unspecified atom stereocenters. The van der Waals surface area contributed by atoms with Gasteiger partial charge in [-0.15, -0.1) is 0 Å². The SMILES string of the molecule is FC(F)(F)c1cccc2nc(C3CCNCC3)oc12. The highest BCUT2D eigenvalue weighted by molar-refractivity contribution is 5.77. The summed E-state index contributed by atoms with van der Waals surface area (Å²) in [5.41, 5.74) is -0.621. The molecule has 0 aliphatic carbocycles. The van der Waals surface area contributed by atoms with Crippen molar-refractivity contribution in [2.45, 2.75) is 24.9 Å². The Morgan fingerprint density at radius 3 is 2.63 bits per heavy atom. The third-order valence-electron chi connectivity index (χ3n) is 3.43. The largest absolute Gasteiger partial charge is 0.440 e. The minimum absolute atomic E-state index is 0.106. The zero-order chi connectivity index (χ0) is 13.5. The Morgan fingerprint density at radius 1 is 1.21 bits per heavy atom. The van der Waals surface area contributed by atoms with Crippen LogP contribution in [0, 0.1) is 0 Å². The molecule has 0 radical (unpaired) electrons. The molecule has 2 aromatic rings. The molecule has 1 N–H and O–H groups in total. The number of nitrogens with one attached hydrogen (secondary N) is 1. The Labute approximate surface area is 107 Å². The highest BCUT2D eigenvalue weighted by Gasteiger charge is 2.35. The van der Waals surface area contributed by atoms with Crippen molar-refractivity contribution in [3.8, 4) is 0 Å². The summed E-state index contributed by atoms with van der Waals surface area (Å²) < 4.78 is 44.0. The number of hydrogen-bond donors (Lipinski definition) is 1. The van der Waals surface area contributed by atoms with Crippen molar-refractivity contribution in [3.63, 3.8) is 0 Å². The maximum atomic E-state index is 12.9. The summed E-state index contributed by atoms with van der Waals surface area (Å²) in [6.45, 7) is 1.69. The molecule has 3 nitrogen and oxygen atoms in total. The molecule has 2 heterocycles.